The van der Waals surface area contributed by atoms with E-state index in [-0.39, 0.29) is 35.9 Å². The molecule has 9 nitrogen and oxygen atoms in total. The Morgan fingerprint density at radius 3 is 2.58 bits per heavy atom. The molecule has 3 atom stereocenters. The summed E-state index contributed by atoms with van der Waals surface area (Å²) >= 11 is 0. The summed E-state index contributed by atoms with van der Waals surface area (Å²) in [6.07, 6.45) is 0.925. The molecular weight excluding hydrogens is 547 g/mol. The molecule has 1 fully saturated rings. The average molecular weight is 586 g/mol. The van der Waals surface area contributed by atoms with Gasteiger partial charge < -0.3 is 20.1 Å². The fourth-order valence-corrected chi connectivity index (χ4v) is 5.84. The lowest BCUT2D eigenvalue weighted by Gasteiger charge is -2.38. The minimum atomic E-state index is -4.64. The quantitative estimate of drug-likeness (QED) is 0.300. The summed E-state index contributed by atoms with van der Waals surface area (Å²) in [5.41, 5.74) is 0.375. The Labute approximate surface area is 234 Å². The number of benzene rings is 1. The number of rotatable bonds is 11. The molecule has 3 rings (SSSR count). The maximum Gasteiger partial charge on any atom is 0.419 e. The summed E-state index contributed by atoms with van der Waals surface area (Å²) in [6, 6.07) is 3.03. The molecule has 0 spiro atoms. The van der Waals surface area contributed by atoms with E-state index in [1.165, 1.54) is 20.5 Å². The monoisotopic (exact) mass is 585 g/mol. The molecule has 1 aromatic heterocycles. The predicted molar refractivity (Wildman–Crippen MR) is 151 cm³/mol. The standard InChI is InChI=1S/C27H38F3N5O4S/c1-17-13-22(24(39-4)15-19(17)25(36)31-11-12-38-3)34-26-32-16-20(27(28,29)30)21(33-26)14-18-9-7-8-10-23(18)35(2)40(5,6)37/h13,15-16,18,23H,5,7-12,14H2,1-4,6H3,(H,31,36)(H,32,33,34)/t18-,23+,40?/m0/s1. The number of halogens is 3. The third kappa shape index (κ3) is 7.85. The molecule has 0 radical (unpaired) electrons. The first kappa shape index (κ1) is 31.6. The smallest absolute Gasteiger partial charge is 0.419 e. The van der Waals surface area contributed by atoms with E-state index in [0.29, 0.717) is 42.1 Å². The second-order valence-electron chi connectivity index (χ2n) is 10.1. The van der Waals surface area contributed by atoms with Crippen LogP contribution in [0.5, 0.6) is 5.75 Å². The number of aromatic nitrogens is 2. The van der Waals surface area contributed by atoms with Crippen LogP contribution in [0.15, 0.2) is 18.3 Å². The van der Waals surface area contributed by atoms with Gasteiger partial charge in [-0.2, -0.15) is 13.2 Å². The van der Waals surface area contributed by atoms with E-state index < -0.39 is 21.4 Å². The van der Waals surface area contributed by atoms with Gasteiger partial charge in [-0.3, -0.25) is 9.00 Å². The zero-order chi connectivity index (χ0) is 29.7. The molecule has 222 valence electrons. The van der Waals surface area contributed by atoms with E-state index in [2.05, 4.69) is 26.5 Å². The largest absolute Gasteiger partial charge is 0.495 e. The van der Waals surface area contributed by atoms with Crippen molar-refractivity contribution in [3.05, 3.63) is 40.7 Å². The van der Waals surface area contributed by atoms with Crippen molar-refractivity contribution in [2.24, 2.45) is 5.92 Å². The highest BCUT2D eigenvalue weighted by molar-refractivity contribution is 7.97. The predicted octanol–water partition coefficient (Wildman–Crippen LogP) is 4.23. The van der Waals surface area contributed by atoms with Crippen molar-refractivity contribution in [1.82, 2.24) is 19.6 Å². The highest BCUT2D eigenvalue weighted by atomic mass is 32.2. The van der Waals surface area contributed by atoms with Crippen LogP contribution in [0.1, 0.15) is 52.9 Å². The van der Waals surface area contributed by atoms with Crippen LogP contribution in [0.25, 0.3) is 0 Å². The summed E-state index contributed by atoms with van der Waals surface area (Å²) in [4.78, 5) is 20.8. The van der Waals surface area contributed by atoms with Crippen LogP contribution in [-0.4, -0.2) is 77.0 Å². The van der Waals surface area contributed by atoms with Gasteiger partial charge >= 0.3 is 6.18 Å². The second-order valence-corrected chi connectivity index (χ2v) is 12.6. The number of nitrogens with zero attached hydrogens (tertiary/aromatic N) is 3. The minimum Gasteiger partial charge on any atom is -0.495 e. The first-order valence-corrected chi connectivity index (χ1v) is 15.1. The molecule has 0 aliphatic heterocycles. The van der Waals surface area contributed by atoms with Crippen molar-refractivity contribution in [3.63, 3.8) is 0 Å². The summed E-state index contributed by atoms with van der Waals surface area (Å²) in [6.45, 7) is 2.43. The van der Waals surface area contributed by atoms with Crippen molar-refractivity contribution in [2.45, 2.75) is 51.2 Å². The van der Waals surface area contributed by atoms with Crippen LogP contribution < -0.4 is 15.4 Å². The number of aryl methyl sites for hydroxylation is 1. The van der Waals surface area contributed by atoms with Gasteiger partial charge in [0.05, 0.1) is 30.7 Å². The van der Waals surface area contributed by atoms with Gasteiger partial charge in [-0.1, -0.05) is 12.8 Å². The average Bonchev–Trinajstić information content (AvgIpc) is 2.87. The Balaban J connectivity index is 1.93. The number of nitrogens with one attached hydrogen (secondary N) is 2. The molecule has 1 heterocycles. The number of hydrogen-bond acceptors (Lipinski definition) is 7. The Morgan fingerprint density at radius 2 is 1.95 bits per heavy atom. The number of hydrogen-bond donors (Lipinski definition) is 2. The van der Waals surface area contributed by atoms with Crippen LogP contribution in [0.2, 0.25) is 0 Å². The summed E-state index contributed by atoms with van der Waals surface area (Å²) in [5, 5.41) is 5.72. The third-order valence-corrected chi connectivity index (χ3v) is 8.69. The molecule has 1 amide bonds. The number of methoxy groups -OCH3 is 2. The highest BCUT2D eigenvalue weighted by Gasteiger charge is 2.38. The van der Waals surface area contributed by atoms with Crippen LogP contribution in [0, 0.1) is 12.8 Å². The van der Waals surface area contributed by atoms with Gasteiger partial charge in [-0.05, 0) is 62.7 Å². The number of carbonyl (C=O) groups is 1. The molecule has 2 N–H and O–H groups in total. The van der Waals surface area contributed by atoms with E-state index in [1.807, 2.05) is 0 Å². The lowest BCUT2D eigenvalue weighted by atomic mass is 9.81. The summed E-state index contributed by atoms with van der Waals surface area (Å²) < 4.78 is 66.7. The molecule has 1 aliphatic rings. The van der Waals surface area contributed by atoms with Gasteiger partial charge in [0.1, 0.15) is 5.75 Å². The molecule has 40 heavy (non-hydrogen) atoms. The molecule has 1 aromatic carbocycles. The molecule has 2 aromatic rings. The van der Waals surface area contributed by atoms with E-state index >= 15 is 0 Å². The van der Waals surface area contributed by atoms with Gasteiger partial charge in [0.25, 0.3) is 5.91 Å². The van der Waals surface area contributed by atoms with Gasteiger partial charge in [0.15, 0.2) is 0 Å². The maximum absolute atomic E-state index is 14.0. The first-order valence-electron chi connectivity index (χ1n) is 13.0. The van der Waals surface area contributed by atoms with Crippen molar-refractivity contribution in [2.75, 3.05) is 46.0 Å². The van der Waals surface area contributed by atoms with Gasteiger partial charge in [-0.15, -0.1) is 0 Å². The SMILES string of the molecule is C=S(C)(=O)N(C)[C@@H]1CCCC[C@H]1Cc1nc(Nc2cc(C)c(C(=O)NCCOC)cc2OC)ncc1C(F)(F)F. The van der Waals surface area contributed by atoms with Gasteiger partial charge in [0, 0.05) is 47.4 Å². The van der Waals surface area contributed by atoms with E-state index in [4.69, 9.17) is 9.47 Å². The summed E-state index contributed by atoms with van der Waals surface area (Å²) in [5.74, 6) is 3.54. The minimum absolute atomic E-state index is 0.0323. The molecule has 1 aliphatic carbocycles. The van der Waals surface area contributed by atoms with Crippen molar-refractivity contribution >= 4 is 33.1 Å². The molecule has 1 unspecified atom stereocenters. The Kier molecular flexibility index (Phi) is 10.4. The van der Waals surface area contributed by atoms with Crippen molar-refractivity contribution in [1.29, 1.82) is 0 Å². The van der Waals surface area contributed by atoms with E-state index in [9.17, 15) is 22.2 Å². The number of carbonyl (C=O) groups excluding carboxylic acids is 1. The topological polar surface area (TPSA) is 106 Å². The molecule has 1 saturated carbocycles. The van der Waals surface area contributed by atoms with E-state index in [1.54, 1.807) is 30.4 Å². The summed E-state index contributed by atoms with van der Waals surface area (Å²) in [7, 11) is 2.15. The third-order valence-electron chi connectivity index (χ3n) is 7.20. The maximum atomic E-state index is 14.0. The highest BCUT2D eigenvalue weighted by Crippen LogP contribution is 2.37. The molecule has 0 saturated heterocycles. The van der Waals surface area contributed by atoms with Crippen molar-refractivity contribution in [3.8, 4) is 5.75 Å². The van der Waals surface area contributed by atoms with Crippen LogP contribution in [0.4, 0.5) is 24.8 Å². The molecule has 0 bridgehead atoms. The van der Waals surface area contributed by atoms with E-state index in [0.717, 1.165) is 25.5 Å². The van der Waals surface area contributed by atoms with Crippen LogP contribution in [-0.2, 0) is 27.0 Å². The lowest BCUT2D eigenvalue weighted by Crippen LogP contribution is -2.43. The number of ether oxygens (including phenoxy) is 2. The Bertz CT molecular complexity index is 1300. The van der Waals surface area contributed by atoms with Crippen molar-refractivity contribution < 1.29 is 31.6 Å². The fraction of sp³-hybridized carbons (Fsp3) is 0.556. The number of anilines is 2. The lowest BCUT2D eigenvalue weighted by molar-refractivity contribution is -0.138. The Morgan fingerprint density at radius 1 is 1.25 bits per heavy atom. The second kappa shape index (κ2) is 13.2. The first-order chi connectivity index (χ1) is 18.8. The number of amides is 1. The molecular formula is C27H38F3N5O4S. The normalized spacial score (nSPS) is 19.2. The zero-order valence-electron chi connectivity index (χ0n) is 23.6. The molecule has 13 heteroatoms. The van der Waals surface area contributed by atoms with Crippen LogP contribution >= 0.6 is 0 Å². The zero-order valence-corrected chi connectivity index (χ0v) is 24.4. The fourth-order valence-electron chi connectivity index (χ4n) is 4.99. The van der Waals surface area contributed by atoms with Gasteiger partial charge in [0.2, 0.25) is 5.95 Å². The van der Waals surface area contributed by atoms with Gasteiger partial charge in [-0.25, -0.2) is 14.3 Å². The van der Waals surface area contributed by atoms with Crippen LogP contribution in [0.3, 0.4) is 0 Å². The number of alkyl halides is 3. The Hall–Kier alpha value is -2.90.